The van der Waals surface area contributed by atoms with Crippen molar-refractivity contribution in [1.29, 1.82) is 0 Å². The molecule has 1 fully saturated rings. The van der Waals surface area contributed by atoms with Crippen molar-refractivity contribution in [2.75, 3.05) is 20.1 Å². The average molecular weight is 519 g/mol. The number of nitrogens with zero attached hydrogens (tertiary/aromatic N) is 1. The first-order chi connectivity index (χ1) is 18.3. The number of aliphatic hydroxyl groups excluding tert-OH is 1. The predicted molar refractivity (Wildman–Crippen MR) is 139 cm³/mol. The third-order valence-corrected chi connectivity index (χ3v) is 9.18. The van der Waals surface area contributed by atoms with Crippen molar-refractivity contribution < 1.29 is 29.3 Å². The molecule has 4 aliphatic rings. The molecule has 2 heterocycles. The zero-order chi connectivity index (χ0) is 26.7. The molecule has 1 amide bonds. The highest BCUT2D eigenvalue weighted by Crippen LogP contribution is 2.64. The van der Waals surface area contributed by atoms with Crippen molar-refractivity contribution in [2.24, 2.45) is 0 Å². The number of benzene rings is 2. The van der Waals surface area contributed by atoms with Crippen molar-refractivity contribution in [1.82, 2.24) is 10.2 Å². The van der Waals surface area contributed by atoms with Crippen LogP contribution >= 0.6 is 0 Å². The number of nitrogens with one attached hydrogen (secondary N) is 1. The van der Waals surface area contributed by atoms with E-state index >= 15 is 0 Å². The van der Waals surface area contributed by atoms with Crippen LogP contribution in [0.2, 0.25) is 0 Å². The van der Waals surface area contributed by atoms with Crippen LogP contribution in [0.15, 0.2) is 54.3 Å². The van der Waals surface area contributed by atoms with Gasteiger partial charge in [0, 0.05) is 30.1 Å². The van der Waals surface area contributed by atoms with Gasteiger partial charge < -0.3 is 29.9 Å². The van der Waals surface area contributed by atoms with E-state index in [0.29, 0.717) is 36.3 Å². The second kappa shape index (κ2) is 9.22. The van der Waals surface area contributed by atoms with Crippen molar-refractivity contribution in [2.45, 2.75) is 68.3 Å². The molecule has 2 bridgehead atoms. The molecule has 2 aliphatic carbocycles. The Kier molecular flexibility index (Phi) is 6.09. The summed E-state index contributed by atoms with van der Waals surface area (Å²) < 4.78 is 12.3. The first kappa shape index (κ1) is 25.1. The molecule has 3 N–H and O–H groups in total. The Hall–Kier alpha value is -3.20. The summed E-state index contributed by atoms with van der Waals surface area (Å²) >= 11 is 0. The largest absolute Gasteiger partial charge is 0.481 e. The summed E-state index contributed by atoms with van der Waals surface area (Å²) in [5.41, 5.74) is 1.84. The number of rotatable bonds is 7. The number of carbonyl (C=O) groups excluding carboxylic acids is 2. The minimum atomic E-state index is -1.07. The van der Waals surface area contributed by atoms with E-state index in [1.165, 1.54) is 0 Å². The summed E-state index contributed by atoms with van der Waals surface area (Å²) in [7, 11) is 2.04. The van der Waals surface area contributed by atoms with E-state index in [-0.39, 0.29) is 37.4 Å². The smallest absolute Gasteiger partial charge is 0.312 e. The standard InChI is InChI=1S/C30H34N2O6/c1-18(19-6-4-3-5-7-19)28(35)31-14-11-24(34)37-22-10-12-30(36)23-16-20-8-9-21(17-33)26-25(20)29(30,27(22)38-26)13-15-32(23)2/h3-10,18,23,27,33,36H,11-17H2,1-2H3,(H,31,35)/t18-,23+,27?,29?,30+/m0/s1. The number of hydrogen-bond acceptors (Lipinski definition) is 7. The van der Waals surface area contributed by atoms with Gasteiger partial charge >= 0.3 is 5.97 Å². The number of amides is 1. The molecule has 1 saturated heterocycles. The van der Waals surface area contributed by atoms with Crippen molar-refractivity contribution in [3.8, 4) is 5.75 Å². The normalized spacial score (nSPS) is 29.5. The number of likely N-dealkylation sites (N-methyl/N-ethyl adjacent to an activating group) is 1. The molecule has 38 heavy (non-hydrogen) atoms. The molecule has 6 rings (SSSR count). The molecule has 2 aromatic rings. The predicted octanol–water partition coefficient (Wildman–Crippen LogP) is 2.31. The lowest BCUT2D eigenvalue weighted by molar-refractivity contribution is -0.169. The SMILES string of the molecule is C[C@H](C(=O)NCCC(=O)OC1=CC[C@@]2(O)[C@H]3Cc4ccc(CO)c5c4C2(CCN3C)C1O5)c1ccccc1. The van der Waals surface area contributed by atoms with Crippen LogP contribution in [0.4, 0.5) is 0 Å². The Morgan fingerprint density at radius 2 is 2.03 bits per heavy atom. The second-order valence-corrected chi connectivity index (χ2v) is 11.0. The molecule has 5 atom stereocenters. The molecule has 1 spiro atoms. The van der Waals surface area contributed by atoms with Crippen LogP contribution in [0, 0.1) is 0 Å². The lowest BCUT2D eigenvalue weighted by atomic mass is 9.50. The summed E-state index contributed by atoms with van der Waals surface area (Å²) in [6.07, 6.45) is 2.84. The molecule has 200 valence electrons. The molecule has 8 heteroatoms. The van der Waals surface area contributed by atoms with Gasteiger partial charge in [0.05, 0.1) is 30.0 Å². The summed E-state index contributed by atoms with van der Waals surface area (Å²) in [6, 6.07) is 13.3. The maximum atomic E-state index is 12.9. The summed E-state index contributed by atoms with van der Waals surface area (Å²) in [5, 5.41) is 25.1. The first-order valence-corrected chi connectivity index (χ1v) is 13.4. The Morgan fingerprint density at radius 3 is 2.79 bits per heavy atom. The van der Waals surface area contributed by atoms with Gasteiger partial charge in [0.15, 0.2) is 6.10 Å². The Balaban J connectivity index is 1.20. The van der Waals surface area contributed by atoms with E-state index in [0.717, 1.165) is 23.2 Å². The fourth-order valence-electron chi connectivity index (χ4n) is 7.15. The van der Waals surface area contributed by atoms with Gasteiger partial charge in [-0.15, -0.1) is 0 Å². The maximum Gasteiger partial charge on any atom is 0.312 e. The van der Waals surface area contributed by atoms with E-state index in [2.05, 4.69) is 10.2 Å². The van der Waals surface area contributed by atoms with E-state index in [1.807, 2.05) is 56.4 Å². The highest BCUT2D eigenvalue weighted by atomic mass is 16.6. The summed E-state index contributed by atoms with van der Waals surface area (Å²) in [5.74, 6) is 0.0765. The van der Waals surface area contributed by atoms with Crippen molar-refractivity contribution >= 4 is 11.9 Å². The van der Waals surface area contributed by atoms with Crippen molar-refractivity contribution in [3.05, 3.63) is 76.6 Å². The molecule has 2 aromatic carbocycles. The molecule has 0 radical (unpaired) electrons. The van der Waals surface area contributed by atoms with E-state index in [9.17, 15) is 19.8 Å². The summed E-state index contributed by atoms with van der Waals surface area (Å²) in [6.45, 7) is 2.60. The number of aliphatic hydroxyl groups is 2. The van der Waals surface area contributed by atoms with Gasteiger partial charge in [-0.05, 0) is 50.6 Å². The zero-order valence-corrected chi connectivity index (χ0v) is 21.8. The van der Waals surface area contributed by atoms with Crippen LogP contribution < -0.4 is 10.1 Å². The highest BCUT2D eigenvalue weighted by molar-refractivity contribution is 5.83. The van der Waals surface area contributed by atoms with Gasteiger partial charge in [0.25, 0.3) is 0 Å². The minimum absolute atomic E-state index is 0.0139. The van der Waals surface area contributed by atoms with Crippen LogP contribution in [0.1, 0.15) is 54.4 Å². The van der Waals surface area contributed by atoms with E-state index in [4.69, 9.17) is 9.47 Å². The molecule has 2 aliphatic heterocycles. The third kappa shape index (κ3) is 3.54. The molecule has 0 saturated carbocycles. The number of ether oxygens (including phenoxy) is 2. The van der Waals surface area contributed by atoms with Crippen molar-refractivity contribution in [3.63, 3.8) is 0 Å². The Morgan fingerprint density at radius 1 is 1.24 bits per heavy atom. The number of hydrogen-bond donors (Lipinski definition) is 3. The van der Waals surface area contributed by atoms with Crippen LogP contribution in [-0.4, -0.2) is 64.9 Å². The fourth-order valence-corrected chi connectivity index (χ4v) is 7.15. The lowest BCUT2D eigenvalue weighted by Crippen LogP contribution is -2.74. The highest BCUT2D eigenvalue weighted by Gasteiger charge is 2.71. The lowest BCUT2D eigenvalue weighted by Gasteiger charge is -2.61. The van der Waals surface area contributed by atoms with Gasteiger partial charge in [-0.2, -0.15) is 0 Å². The minimum Gasteiger partial charge on any atom is -0.481 e. The van der Waals surface area contributed by atoms with E-state index < -0.39 is 23.1 Å². The monoisotopic (exact) mass is 518 g/mol. The number of likely N-dealkylation sites (tertiary alicyclic amines) is 1. The van der Waals surface area contributed by atoms with Gasteiger partial charge in [-0.25, -0.2) is 0 Å². The van der Waals surface area contributed by atoms with Crippen LogP contribution in [0.3, 0.4) is 0 Å². The number of piperidine rings is 1. The van der Waals surface area contributed by atoms with Crippen LogP contribution in [0.5, 0.6) is 5.75 Å². The Labute approximate surface area is 222 Å². The van der Waals surface area contributed by atoms with Crippen LogP contribution in [-0.2, 0) is 32.8 Å². The molecular formula is C30H34N2O6. The molecule has 0 aromatic heterocycles. The second-order valence-electron chi connectivity index (χ2n) is 11.0. The fraction of sp³-hybridized carbons (Fsp3) is 0.467. The van der Waals surface area contributed by atoms with Gasteiger partial charge in [0.1, 0.15) is 11.5 Å². The topological polar surface area (TPSA) is 108 Å². The molecular weight excluding hydrogens is 484 g/mol. The maximum absolute atomic E-state index is 12.9. The molecule has 2 unspecified atom stereocenters. The Bertz CT molecular complexity index is 1310. The van der Waals surface area contributed by atoms with Gasteiger partial charge in [-0.3, -0.25) is 9.59 Å². The quantitative estimate of drug-likeness (QED) is 0.483. The van der Waals surface area contributed by atoms with Gasteiger partial charge in [0.2, 0.25) is 5.91 Å². The molecule has 8 nitrogen and oxygen atoms in total. The number of esters is 1. The van der Waals surface area contributed by atoms with Gasteiger partial charge in [-0.1, -0.05) is 42.5 Å². The first-order valence-electron chi connectivity index (χ1n) is 13.4. The zero-order valence-electron chi connectivity index (χ0n) is 21.8. The number of carbonyl (C=O) groups is 2. The summed E-state index contributed by atoms with van der Waals surface area (Å²) in [4.78, 5) is 27.7. The van der Waals surface area contributed by atoms with E-state index in [1.54, 1.807) is 6.08 Å². The average Bonchev–Trinajstić information content (AvgIpc) is 3.28. The third-order valence-electron chi connectivity index (χ3n) is 9.18. The van der Waals surface area contributed by atoms with Crippen LogP contribution in [0.25, 0.3) is 0 Å².